The summed E-state index contributed by atoms with van der Waals surface area (Å²) in [5, 5.41) is 0. The molecule has 0 aliphatic heterocycles. The van der Waals surface area contributed by atoms with Gasteiger partial charge in [0.2, 0.25) is 0 Å². The first-order valence-electron chi connectivity index (χ1n) is 8.07. The molecule has 0 bridgehead atoms. The third kappa shape index (κ3) is 4.81. The van der Waals surface area contributed by atoms with Crippen molar-refractivity contribution in [1.82, 2.24) is 0 Å². The van der Waals surface area contributed by atoms with Gasteiger partial charge in [-0.05, 0) is 29.5 Å². The minimum Gasteiger partial charge on any atom is -0.457 e. The standard InChI is InChI=1S/C21H18O5/c1-2-21(14-9-15-22,26-19(23)18-12-7-4-8-13-18)20(24)25-16-17-10-5-3-6-11-17/h3-8,10-13,15H,2,16H2,1H3. The predicted molar refractivity (Wildman–Crippen MR) is 95.0 cm³/mol. The highest BCUT2D eigenvalue weighted by Crippen LogP contribution is 2.21. The van der Waals surface area contributed by atoms with E-state index in [1.807, 2.05) is 18.2 Å². The van der Waals surface area contributed by atoms with Crippen molar-refractivity contribution in [3.05, 3.63) is 71.8 Å². The molecule has 2 aromatic rings. The molecule has 0 radical (unpaired) electrons. The molecule has 0 aliphatic carbocycles. The van der Waals surface area contributed by atoms with Crippen LogP contribution in [0.3, 0.4) is 0 Å². The molecule has 0 aliphatic rings. The maximum atomic E-state index is 12.6. The number of aldehydes is 1. The molecule has 2 aromatic carbocycles. The van der Waals surface area contributed by atoms with Gasteiger partial charge in [0.15, 0.2) is 6.29 Å². The molecule has 0 saturated carbocycles. The Morgan fingerprint density at radius 3 is 2.23 bits per heavy atom. The highest BCUT2D eigenvalue weighted by atomic mass is 16.6. The Balaban J connectivity index is 2.21. The lowest BCUT2D eigenvalue weighted by atomic mass is 10.0. The largest absolute Gasteiger partial charge is 0.457 e. The van der Waals surface area contributed by atoms with Crippen molar-refractivity contribution < 1.29 is 23.9 Å². The van der Waals surface area contributed by atoms with Gasteiger partial charge in [-0.1, -0.05) is 55.5 Å². The van der Waals surface area contributed by atoms with E-state index < -0.39 is 17.5 Å². The number of hydrogen-bond acceptors (Lipinski definition) is 5. The van der Waals surface area contributed by atoms with E-state index in [9.17, 15) is 14.4 Å². The van der Waals surface area contributed by atoms with Gasteiger partial charge < -0.3 is 9.47 Å². The molecule has 1 atom stereocenters. The Hall–Kier alpha value is -3.39. The molecule has 0 heterocycles. The van der Waals surface area contributed by atoms with Crippen LogP contribution in [-0.2, 0) is 25.7 Å². The fraction of sp³-hybridized carbons (Fsp3) is 0.190. The van der Waals surface area contributed by atoms with E-state index in [2.05, 4.69) is 11.8 Å². The molecule has 0 saturated heterocycles. The molecular formula is C21H18O5. The van der Waals surface area contributed by atoms with Crippen LogP contribution in [0.1, 0.15) is 29.3 Å². The van der Waals surface area contributed by atoms with Gasteiger partial charge in [-0.2, -0.15) is 0 Å². The summed E-state index contributed by atoms with van der Waals surface area (Å²) in [7, 11) is 0. The Morgan fingerprint density at radius 2 is 1.65 bits per heavy atom. The third-order valence-electron chi connectivity index (χ3n) is 3.65. The second-order valence-corrected chi connectivity index (χ2v) is 5.39. The number of benzene rings is 2. The zero-order valence-corrected chi connectivity index (χ0v) is 14.3. The van der Waals surface area contributed by atoms with Crippen LogP contribution >= 0.6 is 0 Å². The van der Waals surface area contributed by atoms with Crippen LogP contribution in [-0.4, -0.2) is 23.8 Å². The minimum atomic E-state index is -1.84. The van der Waals surface area contributed by atoms with E-state index in [1.54, 1.807) is 49.4 Å². The molecule has 132 valence electrons. The number of esters is 2. The fourth-order valence-corrected chi connectivity index (χ4v) is 2.20. The summed E-state index contributed by atoms with van der Waals surface area (Å²) in [5.74, 6) is 3.07. The lowest BCUT2D eigenvalue weighted by Gasteiger charge is -2.25. The second-order valence-electron chi connectivity index (χ2n) is 5.39. The quantitative estimate of drug-likeness (QED) is 0.455. The summed E-state index contributed by atoms with van der Waals surface area (Å²) in [5.41, 5.74) is -0.791. The summed E-state index contributed by atoms with van der Waals surface area (Å²) < 4.78 is 10.7. The van der Waals surface area contributed by atoms with Crippen molar-refractivity contribution in [2.24, 2.45) is 0 Å². The first-order chi connectivity index (χ1) is 12.6. The van der Waals surface area contributed by atoms with Crippen molar-refractivity contribution in [3.63, 3.8) is 0 Å². The third-order valence-corrected chi connectivity index (χ3v) is 3.65. The highest BCUT2D eigenvalue weighted by Gasteiger charge is 2.41. The van der Waals surface area contributed by atoms with Crippen molar-refractivity contribution in [3.8, 4) is 11.8 Å². The SMILES string of the molecule is CCC(C#CC=O)(OC(=O)c1ccccc1)C(=O)OCc1ccccc1. The Morgan fingerprint density at radius 1 is 1.04 bits per heavy atom. The van der Waals surface area contributed by atoms with E-state index in [0.717, 1.165) is 5.56 Å². The summed E-state index contributed by atoms with van der Waals surface area (Å²) in [4.78, 5) is 35.7. The van der Waals surface area contributed by atoms with E-state index >= 15 is 0 Å². The lowest BCUT2D eigenvalue weighted by Crippen LogP contribution is -2.43. The first kappa shape index (κ1) is 18.9. The molecule has 2 rings (SSSR count). The highest BCUT2D eigenvalue weighted by molar-refractivity contribution is 5.94. The van der Waals surface area contributed by atoms with Crippen LogP contribution in [0, 0.1) is 11.8 Å². The molecule has 0 N–H and O–H groups in total. The molecular weight excluding hydrogens is 332 g/mol. The molecule has 5 heteroatoms. The lowest BCUT2D eigenvalue weighted by molar-refractivity contribution is -0.161. The summed E-state index contributed by atoms with van der Waals surface area (Å²) in [6.45, 7) is 1.63. The van der Waals surface area contributed by atoms with Crippen LogP contribution in [0.25, 0.3) is 0 Å². The van der Waals surface area contributed by atoms with Gasteiger partial charge in [0, 0.05) is 6.42 Å². The summed E-state index contributed by atoms with van der Waals surface area (Å²) in [6.07, 6.45) is 0.380. The molecule has 5 nitrogen and oxygen atoms in total. The second kappa shape index (κ2) is 9.19. The van der Waals surface area contributed by atoms with Crippen molar-refractivity contribution in [1.29, 1.82) is 0 Å². The smallest absolute Gasteiger partial charge is 0.363 e. The van der Waals surface area contributed by atoms with Gasteiger partial charge in [-0.25, -0.2) is 9.59 Å². The van der Waals surface area contributed by atoms with Crippen molar-refractivity contribution >= 4 is 18.2 Å². The zero-order chi connectivity index (χ0) is 18.8. The van der Waals surface area contributed by atoms with Gasteiger partial charge in [-0.3, -0.25) is 4.79 Å². The maximum absolute atomic E-state index is 12.6. The monoisotopic (exact) mass is 350 g/mol. The topological polar surface area (TPSA) is 69.7 Å². The molecule has 0 fully saturated rings. The minimum absolute atomic E-state index is 0.00702. The van der Waals surface area contributed by atoms with Crippen LogP contribution < -0.4 is 0 Å². The van der Waals surface area contributed by atoms with Crippen LogP contribution in [0.4, 0.5) is 0 Å². The van der Waals surface area contributed by atoms with Gasteiger partial charge in [-0.15, -0.1) is 0 Å². The number of carbonyl (C=O) groups is 3. The number of ether oxygens (including phenoxy) is 2. The van der Waals surface area contributed by atoms with Gasteiger partial charge in [0.1, 0.15) is 6.61 Å². The Labute approximate surface area is 151 Å². The van der Waals surface area contributed by atoms with Crippen LogP contribution in [0.2, 0.25) is 0 Å². The van der Waals surface area contributed by atoms with Crippen molar-refractivity contribution in [2.45, 2.75) is 25.6 Å². The predicted octanol–water partition coefficient (Wildman–Crippen LogP) is 2.94. The van der Waals surface area contributed by atoms with Crippen molar-refractivity contribution in [2.75, 3.05) is 0 Å². The summed E-state index contributed by atoms with van der Waals surface area (Å²) >= 11 is 0. The van der Waals surface area contributed by atoms with E-state index in [1.165, 1.54) is 0 Å². The van der Waals surface area contributed by atoms with Gasteiger partial charge >= 0.3 is 11.9 Å². The Kier molecular flexibility index (Phi) is 6.69. The van der Waals surface area contributed by atoms with Crippen LogP contribution in [0.15, 0.2) is 60.7 Å². The molecule has 0 spiro atoms. The van der Waals surface area contributed by atoms with E-state index in [4.69, 9.17) is 9.47 Å². The summed E-state index contributed by atoms with van der Waals surface area (Å²) in [6, 6.07) is 17.3. The average Bonchev–Trinajstić information content (AvgIpc) is 2.70. The van der Waals surface area contributed by atoms with Gasteiger partial charge in [0.25, 0.3) is 5.60 Å². The molecule has 26 heavy (non-hydrogen) atoms. The van der Waals surface area contributed by atoms with E-state index in [-0.39, 0.29) is 18.6 Å². The fourth-order valence-electron chi connectivity index (χ4n) is 2.20. The average molecular weight is 350 g/mol. The molecule has 0 aromatic heterocycles. The maximum Gasteiger partial charge on any atom is 0.363 e. The van der Waals surface area contributed by atoms with Gasteiger partial charge in [0.05, 0.1) is 5.56 Å². The zero-order valence-electron chi connectivity index (χ0n) is 14.3. The van der Waals surface area contributed by atoms with Crippen LogP contribution in [0.5, 0.6) is 0 Å². The Bertz CT molecular complexity index is 818. The molecule has 1 unspecified atom stereocenters. The first-order valence-corrected chi connectivity index (χ1v) is 8.07. The van der Waals surface area contributed by atoms with E-state index in [0.29, 0.717) is 6.29 Å². The number of hydrogen-bond donors (Lipinski definition) is 0. The number of rotatable bonds is 6. The number of carbonyl (C=O) groups excluding carboxylic acids is 3. The molecule has 0 amide bonds. The normalized spacial score (nSPS) is 12.0.